The van der Waals surface area contributed by atoms with Gasteiger partial charge in [0, 0.05) is 38.2 Å². The van der Waals surface area contributed by atoms with E-state index in [0.717, 1.165) is 30.8 Å². The zero-order valence-corrected chi connectivity index (χ0v) is 26.9. The molecule has 2 amide bonds. The number of terminal acetylenes is 2. The van der Waals surface area contributed by atoms with E-state index in [1.165, 1.54) is 20.0 Å². The van der Waals surface area contributed by atoms with Gasteiger partial charge < -0.3 is 35.4 Å². The number of carbonyl (C=O) groups excluding carboxylic acids is 2. The molecule has 45 heavy (non-hydrogen) atoms. The number of nitrogens with one attached hydrogen (secondary N) is 2. The first-order valence-corrected chi connectivity index (χ1v) is 14.4. The summed E-state index contributed by atoms with van der Waals surface area (Å²) in [7, 11) is 3.13. The first-order valence-electron chi connectivity index (χ1n) is 13.6. The van der Waals surface area contributed by atoms with Crippen LogP contribution < -0.4 is 10.6 Å². The van der Waals surface area contributed by atoms with Crippen molar-refractivity contribution in [2.75, 3.05) is 53.4 Å². The van der Waals surface area contributed by atoms with Crippen molar-refractivity contribution in [2.45, 2.75) is 52.1 Å². The Kier molecular flexibility index (Phi) is 22.4. The predicted octanol–water partition coefficient (Wildman–Crippen LogP) is 2.71. The third-order valence-electron chi connectivity index (χ3n) is 6.70. The summed E-state index contributed by atoms with van der Waals surface area (Å²) < 4.78 is 5.07. The van der Waals surface area contributed by atoms with E-state index < -0.39 is 18.4 Å². The number of hydrogen-bond acceptors (Lipinski definition) is 7. The van der Waals surface area contributed by atoms with Gasteiger partial charge in [-0.1, -0.05) is 31.2 Å². The number of carboxylic acid groups (broad SMARTS) is 2. The first kappa shape index (κ1) is 43.1. The minimum absolute atomic E-state index is 0. The lowest BCUT2D eigenvalue weighted by Gasteiger charge is -2.46. The zero-order chi connectivity index (χ0) is 33.8. The Labute approximate surface area is 277 Å². The van der Waals surface area contributed by atoms with Gasteiger partial charge in [-0.05, 0) is 62.3 Å². The van der Waals surface area contributed by atoms with Crippen molar-refractivity contribution in [1.29, 1.82) is 0 Å². The van der Waals surface area contributed by atoms with Crippen LogP contribution in [0.1, 0.15) is 37.8 Å². The molecule has 0 saturated carbocycles. The molecule has 0 aromatic heterocycles. The monoisotopic (exact) mass is 667 g/mol. The molecule has 14 heteroatoms. The Morgan fingerprint density at radius 2 is 1.58 bits per heavy atom. The quantitative estimate of drug-likeness (QED) is 0.184. The molecular weight excluding hydrogens is 622 g/mol. The van der Waals surface area contributed by atoms with Crippen LogP contribution in [0.2, 0.25) is 5.02 Å². The van der Waals surface area contributed by atoms with Gasteiger partial charge in [0.25, 0.3) is 0 Å². The molecular formula is C31H46ClN5O7S. The SMILES string of the molecule is C.C#C.C#C.CNC(=S)NC[C@@H]1CN(C(=O)Cc2ccc(Cl)c(C)c2)[C@H](CN2CCCC2)CN1C(=O)OC.O=C(O)CC(=O)O. The van der Waals surface area contributed by atoms with E-state index in [-0.39, 0.29) is 31.5 Å². The van der Waals surface area contributed by atoms with Crippen LogP contribution in [0.15, 0.2) is 18.2 Å². The number of thiocarbonyl (C=S) groups is 1. The normalized spacial score (nSPS) is 16.8. The smallest absolute Gasteiger partial charge is 0.409 e. The average molecular weight is 668 g/mol. The zero-order valence-electron chi connectivity index (χ0n) is 25.3. The van der Waals surface area contributed by atoms with Crippen molar-refractivity contribution >= 4 is 52.9 Å². The molecule has 2 aliphatic heterocycles. The summed E-state index contributed by atoms with van der Waals surface area (Å²) in [6, 6.07) is 5.34. The van der Waals surface area contributed by atoms with Crippen LogP contribution in [0.3, 0.4) is 0 Å². The second-order valence-corrected chi connectivity index (χ2v) is 10.5. The molecule has 12 nitrogen and oxygen atoms in total. The fourth-order valence-corrected chi connectivity index (χ4v) is 4.91. The van der Waals surface area contributed by atoms with Crippen LogP contribution in [-0.4, -0.2) is 119 Å². The highest BCUT2D eigenvalue weighted by Crippen LogP contribution is 2.22. The van der Waals surface area contributed by atoms with Gasteiger partial charge in [0.2, 0.25) is 5.91 Å². The molecule has 2 fully saturated rings. The van der Waals surface area contributed by atoms with Crippen molar-refractivity contribution in [1.82, 2.24) is 25.3 Å². The fourth-order valence-electron chi connectivity index (χ4n) is 4.71. The van der Waals surface area contributed by atoms with Crippen molar-refractivity contribution in [3.63, 3.8) is 0 Å². The summed E-state index contributed by atoms with van der Waals surface area (Å²) in [6.45, 7) is 5.99. The third-order valence-corrected chi connectivity index (χ3v) is 7.47. The van der Waals surface area contributed by atoms with Crippen molar-refractivity contribution in [3.8, 4) is 25.7 Å². The minimum Gasteiger partial charge on any atom is -0.481 e. The lowest BCUT2D eigenvalue weighted by atomic mass is 10.0. The topological polar surface area (TPSA) is 152 Å². The molecule has 0 bridgehead atoms. The number of aryl methyl sites for hydroxylation is 1. The molecule has 0 unspecified atom stereocenters. The number of ether oxygens (including phenoxy) is 1. The minimum atomic E-state index is -1.31. The molecule has 0 aliphatic carbocycles. The summed E-state index contributed by atoms with van der Waals surface area (Å²) in [5, 5.41) is 22.6. The maximum atomic E-state index is 13.5. The van der Waals surface area contributed by atoms with E-state index >= 15 is 0 Å². The van der Waals surface area contributed by atoms with Gasteiger partial charge in [-0.2, -0.15) is 0 Å². The highest BCUT2D eigenvalue weighted by molar-refractivity contribution is 7.80. The number of carbonyl (C=O) groups is 4. The Morgan fingerprint density at radius 3 is 2.04 bits per heavy atom. The van der Waals surface area contributed by atoms with E-state index in [1.54, 1.807) is 11.9 Å². The predicted molar refractivity (Wildman–Crippen MR) is 180 cm³/mol. The lowest BCUT2D eigenvalue weighted by Crippen LogP contribution is -2.66. The molecule has 3 rings (SSSR count). The molecule has 0 radical (unpaired) electrons. The van der Waals surface area contributed by atoms with Crippen LogP contribution in [0, 0.1) is 32.6 Å². The molecule has 2 atom stereocenters. The number of halogens is 1. The second kappa shape index (κ2) is 23.4. The van der Waals surface area contributed by atoms with Crippen molar-refractivity contribution in [3.05, 3.63) is 34.3 Å². The van der Waals surface area contributed by atoms with E-state index in [1.807, 2.05) is 30.0 Å². The molecule has 4 N–H and O–H groups in total. The van der Waals surface area contributed by atoms with Gasteiger partial charge >= 0.3 is 18.0 Å². The Balaban J connectivity index is 0. The number of amides is 2. The highest BCUT2D eigenvalue weighted by atomic mass is 35.5. The van der Waals surface area contributed by atoms with E-state index in [2.05, 4.69) is 41.2 Å². The summed E-state index contributed by atoms with van der Waals surface area (Å²) >= 11 is 11.4. The number of hydrogen-bond donors (Lipinski definition) is 4. The van der Waals surface area contributed by atoms with Crippen LogP contribution in [0.5, 0.6) is 0 Å². The van der Waals surface area contributed by atoms with Crippen LogP contribution >= 0.6 is 23.8 Å². The second-order valence-electron chi connectivity index (χ2n) is 9.67. The van der Waals surface area contributed by atoms with E-state index in [0.29, 0.717) is 36.2 Å². The molecule has 2 aliphatic rings. The summed E-state index contributed by atoms with van der Waals surface area (Å²) in [6.07, 6.45) is 17.4. The van der Waals surface area contributed by atoms with Crippen LogP contribution in [0.25, 0.3) is 0 Å². The van der Waals surface area contributed by atoms with Crippen LogP contribution in [0.4, 0.5) is 4.79 Å². The van der Waals surface area contributed by atoms with Gasteiger partial charge in [0.15, 0.2) is 5.11 Å². The number of benzene rings is 1. The number of aliphatic carboxylic acids is 2. The third kappa shape index (κ3) is 15.5. The van der Waals surface area contributed by atoms with E-state index in [4.69, 9.17) is 38.8 Å². The van der Waals surface area contributed by atoms with Crippen molar-refractivity contribution < 1.29 is 34.1 Å². The number of methoxy groups -OCH3 is 1. The van der Waals surface area contributed by atoms with Crippen LogP contribution in [-0.2, 0) is 25.5 Å². The number of nitrogens with zero attached hydrogens (tertiary/aromatic N) is 3. The maximum Gasteiger partial charge on any atom is 0.409 e. The first-order chi connectivity index (χ1) is 20.9. The van der Waals surface area contributed by atoms with Gasteiger partial charge in [-0.15, -0.1) is 25.7 Å². The van der Waals surface area contributed by atoms with Gasteiger partial charge in [0.1, 0.15) is 6.42 Å². The molecule has 0 spiro atoms. The average Bonchev–Trinajstić information content (AvgIpc) is 3.52. The fraction of sp³-hybridized carbons (Fsp3) is 0.516. The molecule has 250 valence electrons. The lowest BCUT2D eigenvalue weighted by molar-refractivity contribution is -0.147. The standard InChI is InChI=1S/C23H34ClN5O3S.C3H4O4.2C2H2.CH4/c1-16-10-17(6-7-20(16)24)11-21(30)28-14-18(12-26-22(33)25-2)29(23(31)32-3)15-19(28)13-27-8-4-5-9-27;4-2(5)1-3(6)7;2*1-2;/h6-7,10,18-19H,4-5,8-9,11-15H2,1-3H3,(H2,25,26,33);1H2,(H,4,5)(H,6,7);2*1-2H;1H4/t18-,19-;;;;/m1..../s1. The number of rotatable bonds is 8. The van der Waals surface area contributed by atoms with E-state index in [9.17, 15) is 19.2 Å². The summed E-state index contributed by atoms with van der Waals surface area (Å²) in [5.41, 5.74) is 1.89. The molecule has 2 saturated heterocycles. The number of likely N-dealkylation sites (tertiary alicyclic amines) is 1. The number of carboxylic acids is 2. The summed E-state index contributed by atoms with van der Waals surface area (Å²) in [4.78, 5) is 51.0. The molecule has 2 heterocycles. The Bertz CT molecular complexity index is 1140. The molecule has 1 aromatic carbocycles. The van der Waals surface area contributed by atoms with Gasteiger partial charge in [-0.3, -0.25) is 19.3 Å². The number of piperazine rings is 1. The maximum absolute atomic E-state index is 13.5. The van der Waals surface area contributed by atoms with Gasteiger partial charge in [0.05, 0.1) is 25.6 Å². The Morgan fingerprint density at radius 1 is 1.02 bits per heavy atom. The Hall–Kier alpha value is -4.04. The van der Waals surface area contributed by atoms with Crippen molar-refractivity contribution in [2.24, 2.45) is 0 Å². The molecule has 1 aromatic rings. The van der Waals surface area contributed by atoms with Gasteiger partial charge in [-0.25, -0.2) is 4.79 Å². The summed E-state index contributed by atoms with van der Waals surface area (Å²) in [5.74, 6) is -2.58. The largest absolute Gasteiger partial charge is 0.481 e. The highest BCUT2D eigenvalue weighted by Gasteiger charge is 2.40.